The lowest BCUT2D eigenvalue weighted by molar-refractivity contribution is 0.226. The maximum atomic E-state index is 11.7. The van der Waals surface area contributed by atoms with E-state index in [2.05, 4.69) is 22.0 Å². The highest BCUT2D eigenvalue weighted by Gasteiger charge is 2.17. The van der Waals surface area contributed by atoms with Gasteiger partial charge in [-0.1, -0.05) is 0 Å². The maximum absolute atomic E-state index is 11.7. The Hall–Kier alpha value is -1.31. The first-order valence-electron chi connectivity index (χ1n) is 7.18. The van der Waals surface area contributed by atoms with Crippen LogP contribution in [0.25, 0.3) is 0 Å². The molecule has 7 heteroatoms. The molecule has 0 aromatic heterocycles. The summed E-state index contributed by atoms with van der Waals surface area (Å²) in [5.41, 5.74) is 7.20. The number of likely N-dealkylation sites (tertiary alicyclic amines) is 1. The molecule has 21 heavy (non-hydrogen) atoms. The number of anilines is 2. The van der Waals surface area contributed by atoms with Crippen molar-refractivity contribution < 1.29 is 8.42 Å². The van der Waals surface area contributed by atoms with E-state index in [1.165, 1.54) is 26.0 Å². The van der Waals surface area contributed by atoms with E-state index < -0.39 is 10.0 Å². The molecule has 0 atom stereocenters. The Labute approximate surface area is 126 Å². The molecule has 1 heterocycles. The quantitative estimate of drug-likeness (QED) is 0.704. The van der Waals surface area contributed by atoms with Gasteiger partial charge < -0.3 is 16.0 Å². The fourth-order valence-electron chi connectivity index (χ4n) is 2.51. The van der Waals surface area contributed by atoms with Crippen molar-refractivity contribution in [2.75, 3.05) is 44.8 Å². The van der Waals surface area contributed by atoms with Gasteiger partial charge >= 0.3 is 0 Å². The largest absolute Gasteiger partial charge is 0.397 e. The van der Waals surface area contributed by atoms with Gasteiger partial charge in [-0.05, 0) is 64.1 Å². The van der Waals surface area contributed by atoms with Gasteiger partial charge in [-0.15, -0.1) is 0 Å². The van der Waals surface area contributed by atoms with Crippen LogP contribution in [0.1, 0.15) is 12.8 Å². The molecule has 0 amide bonds. The summed E-state index contributed by atoms with van der Waals surface area (Å²) in [5.74, 6) is 0.640. The van der Waals surface area contributed by atoms with Gasteiger partial charge in [0, 0.05) is 6.54 Å². The average Bonchev–Trinajstić information content (AvgIpc) is 2.47. The lowest BCUT2D eigenvalue weighted by Gasteiger charge is -2.29. The standard InChI is InChI=1S/C14H24N4O2S/c1-16-21(19,20)12-3-4-14(13(15)9-12)17-10-11-5-7-18(2)8-6-11/h3-4,9,11,16-17H,5-8,10,15H2,1-2H3. The van der Waals surface area contributed by atoms with Gasteiger partial charge in [0.2, 0.25) is 10.0 Å². The number of hydrogen-bond donors (Lipinski definition) is 3. The van der Waals surface area contributed by atoms with Crippen LogP contribution < -0.4 is 15.8 Å². The zero-order valence-electron chi connectivity index (χ0n) is 12.6. The zero-order chi connectivity index (χ0) is 15.5. The second-order valence-electron chi connectivity index (χ2n) is 5.58. The van der Waals surface area contributed by atoms with Crippen molar-refractivity contribution in [1.29, 1.82) is 0 Å². The minimum Gasteiger partial charge on any atom is -0.397 e. The Morgan fingerprint density at radius 2 is 2.00 bits per heavy atom. The van der Waals surface area contributed by atoms with E-state index in [1.54, 1.807) is 12.1 Å². The molecule has 1 aliphatic heterocycles. The molecule has 0 radical (unpaired) electrons. The second-order valence-corrected chi connectivity index (χ2v) is 7.47. The molecule has 6 nitrogen and oxygen atoms in total. The number of sulfonamides is 1. The third kappa shape index (κ3) is 4.09. The molecule has 1 saturated heterocycles. The van der Waals surface area contributed by atoms with Crippen molar-refractivity contribution >= 4 is 21.4 Å². The molecule has 1 aromatic carbocycles. The van der Waals surface area contributed by atoms with E-state index in [1.807, 2.05) is 0 Å². The molecule has 1 fully saturated rings. The van der Waals surface area contributed by atoms with Crippen LogP contribution in [0, 0.1) is 5.92 Å². The fourth-order valence-corrected chi connectivity index (χ4v) is 3.27. The topological polar surface area (TPSA) is 87.5 Å². The number of rotatable bonds is 5. The van der Waals surface area contributed by atoms with E-state index in [0.717, 1.165) is 25.3 Å². The van der Waals surface area contributed by atoms with Crippen molar-refractivity contribution in [3.63, 3.8) is 0 Å². The monoisotopic (exact) mass is 312 g/mol. The van der Waals surface area contributed by atoms with E-state index >= 15 is 0 Å². The van der Waals surface area contributed by atoms with Crippen molar-refractivity contribution in [2.24, 2.45) is 5.92 Å². The molecular formula is C14H24N4O2S. The van der Waals surface area contributed by atoms with E-state index in [-0.39, 0.29) is 4.90 Å². The highest BCUT2D eigenvalue weighted by Crippen LogP contribution is 2.24. The predicted molar refractivity (Wildman–Crippen MR) is 85.8 cm³/mol. The first-order valence-corrected chi connectivity index (χ1v) is 8.66. The van der Waals surface area contributed by atoms with Crippen LogP contribution in [-0.2, 0) is 10.0 Å². The first kappa shape index (κ1) is 16.1. The molecule has 0 saturated carbocycles. The van der Waals surface area contributed by atoms with Crippen LogP contribution in [0.5, 0.6) is 0 Å². The predicted octanol–water partition coefficient (Wildman–Crippen LogP) is 0.931. The number of nitrogens with two attached hydrogens (primary N) is 1. The Kier molecular flexibility index (Phi) is 5.08. The number of hydrogen-bond acceptors (Lipinski definition) is 5. The van der Waals surface area contributed by atoms with Gasteiger partial charge in [0.25, 0.3) is 0 Å². The summed E-state index contributed by atoms with van der Waals surface area (Å²) >= 11 is 0. The Morgan fingerprint density at radius 1 is 1.33 bits per heavy atom. The first-order chi connectivity index (χ1) is 9.92. The summed E-state index contributed by atoms with van der Waals surface area (Å²) in [7, 11) is 0.0858. The normalized spacial score (nSPS) is 17.8. The lowest BCUT2D eigenvalue weighted by atomic mass is 9.97. The number of nitrogen functional groups attached to an aromatic ring is 1. The summed E-state index contributed by atoms with van der Waals surface area (Å²) in [6, 6.07) is 4.79. The number of nitrogens with zero attached hydrogens (tertiary/aromatic N) is 1. The van der Waals surface area contributed by atoms with Crippen LogP contribution in [-0.4, -0.2) is 47.0 Å². The van der Waals surface area contributed by atoms with Gasteiger partial charge in [0.1, 0.15) is 0 Å². The van der Waals surface area contributed by atoms with Gasteiger partial charge in [-0.25, -0.2) is 13.1 Å². The summed E-state index contributed by atoms with van der Waals surface area (Å²) < 4.78 is 25.7. The number of nitrogens with one attached hydrogen (secondary N) is 2. The number of piperidine rings is 1. The molecule has 0 unspecified atom stereocenters. The van der Waals surface area contributed by atoms with Crippen molar-refractivity contribution in [2.45, 2.75) is 17.7 Å². The van der Waals surface area contributed by atoms with Crippen molar-refractivity contribution in [1.82, 2.24) is 9.62 Å². The highest BCUT2D eigenvalue weighted by atomic mass is 32.2. The van der Waals surface area contributed by atoms with Gasteiger partial charge in [0.05, 0.1) is 16.3 Å². The van der Waals surface area contributed by atoms with Crippen molar-refractivity contribution in [3.05, 3.63) is 18.2 Å². The van der Waals surface area contributed by atoms with E-state index in [4.69, 9.17) is 5.73 Å². The summed E-state index contributed by atoms with van der Waals surface area (Å²) in [5, 5.41) is 3.34. The molecule has 118 valence electrons. The van der Waals surface area contributed by atoms with Gasteiger partial charge in [-0.3, -0.25) is 0 Å². The van der Waals surface area contributed by atoms with Crippen LogP contribution in [0.3, 0.4) is 0 Å². The SMILES string of the molecule is CNS(=O)(=O)c1ccc(NCC2CCN(C)CC2)c(N)c1. The summed E-state index contributed by atoms with van der Waals surface area (Å²) in [6.45, 7) is 3.12. The van der Waals surface area contributed by atoms with Crippen LogP contribution >= 0.6 is 0 Å². The van der Waals surface area contributed by atoms with Crippen LogP contribution in [0.15, 0.2) is 23.1 Å². The Bertz CT molecular complexity index is 581. The third-order valence-corrected chi connectivity index (χ3v) is 5.43. The van der Waals surface area contributed by atoms with Gasteiger partial charge in [-0.2, -0.15) is 0 Å². The third-order valence-electron chi connectivity index (χ3n) is 4.02. The minimum atomic E-state index is -3.44. The molecule has 0 bridgehead atoms. The van der Waals surface area contributed by atoms with Gasteiger partial charge in [0.15, 0.2) is 0 Å². The molecule has 2 rings (SSSR count). The maximum Gasteiger partial charge on any atom is 0.240 e. The summed E-state index contributed by atoms with van der Waals surface area (Å²) in [4.78, 5) is 2.52. The molecule has 0 aliphatic carbocycles. The van der Waals surface area contributed by atoms with E-state index in [9.17, 15) is 8.42 Å². The number of benzene rings is 1. The van der Waals surface area contributed by atoms with E-state index in [0.29, 0.717) is 11.6 Å². The lowest BCUT2D eigenvalue weighted by Crippen LogP contribution is -2.33. The molecular weight excluding hydrogens is 288 g/mol. The fraction of sp³-hybridized carbons (Fsp3) is 0.571. The Morgan fingerprint density at radius 3 is 2.57 bits per heavy atom. The molecule has 1 aliphatic rings. The second kappa shape index (κ2) is 6.64. The Balaban J connectivity index is 1.98. The smallest absolute Gasteiger partial charge is 0.240 e. The zero-order valence-corrected chi connectivity index (χ0v) is 13.4. The minimum absolute atomic E-state index is 0.187. The van der Waals surface area contributed by atoms with Crippen molar-refractivity contribution in [3.8, 4) is 0 Å². The molecule has 4 N–H and O–H groups in total. The van der Waals surface area contributed by atoms with Crippen LogP contribution in [0.2, 0.25) is 0 Å². The summed E-state index contributed by atoms with van der Waals surface area (Å²) in [6.07, 6.45) is 2.35. The average molecular weight is 312 g/mol. The van der Waals surface area contributed by atoms with Crippen LogP contribution in [0.4, 0.5) is 11.4 Å². The molecule has 0 spiro atoms. The highest BCUT2D eigenvalue weighted by molar-refractivity contribution is 7.89. The molecule has 1 aromatic rings.